The minimum absolute atomic E-state index is 0.00629. The van der Waals surface area contributed by atoms with Crippen molar-refractivity contribution in [2.45, 2.75) is 6.42 Å². The first-order chi connectivity index (χ1) is 15.1. The van der Waals surface area contributed by atoms with E-state index in [-0.39, 0.29) is 18.9 Å². The van der Waals surface area contributed by atoms with Gasteiger partial charge in [0.15, 0.2) is 0 Å². The summed E-state index contributed by atoms with van der Waals surface area (Å²) < 4.78 is 1.48. The molecule has 2 heterocycles. The average molecular weight is 410 g/mol. The molecule has 0 saturated carbocycles. The average Bonchev–Trinajstić information content (AvgIpc) is 3.17. The molecule has 2 aromatic heterocycles. The number of hydrogen-bond acceptors (Lipinski definition) is 4. The molecule has 0 aliphatic heterocycles. The maximum absolute atomic E-state index is 12.7. The first kappa shape index (κ1) is 19.9. The number of rotatable bonds is 5. The van der Waals surface area contributed by atoms with Crippen LogP contribution in [-0.4, -0.2) is 33.2 Å². The van der Waals surface area contributed by atoms with Gasteiger partial charge < -0.3 is 10.4 Å². The zero-order valence-corrected chi connectivity index (χ0v) is 16.4. The van der Waals surface area contributed by atoms with Crippen molar-refractivity contribution in [1.29, 1.82) is 5.26 Å². The molecule has 0 atom stereocenters. The van der Waals surface area contributed by atoms with Crippen LogP contribution in [-0.2, 0) is 0 Å². The molecule has 152 valence electrons. The van der Waals surface area contributed by atoms with E-state index in [1.807, 2.05) is 48.5 Å². The number of hydrogen-bond donors (Lipinski definition) is 2. The van der Waals surface area contributed by atoms with E-state index in [0.29, 0.717) is 16.7 Å². The number of nitrogens with zero attached hydrogens (tertiary/aromatic N) is 3. The van der Waals surface area contributed by atoms with E-state index in [2.05, 4.69) is 16.4 Å². The zero-order chi connectivity index (χ0) is 21.8. The van der Waals surface area contributed by atoms with Crippen molar-refractivity contribution in [3.63, 3.8) is 0 Å². The van der Waals surface area contributed by atoms with Gasteiger partial charge in [-0.05, 0) is 29.2 Å². The molecule has 0 fully saturated rings. The molecule has 2 N–H and O–H groups in total. The van der Waals surface area contributed by atoms with Crippen LogP contribution in [0, 0.1) is 11.3 Å². The van der Waals surface area contributed by atoms with Crippen molar-refractivity contribution in [2.75, 3.05) is 6.54 Å². The highest BCUT2D eigenvalue weighted by Gasteiger charge is 2.16. The van der Waals surface area contributed by atoms with E-state index < -0.39 is 6.09 Å². The van der Waals surface area contributed by atoms with E-state index >= 15 is 0 Å². The summed E-state index contributed by atoms with van der Waals surface area (Å²) in [5.41, 5.74) is 2.62. The number of para-hydroxylation sites is 1. The third kappa shape index (κ3) is 4.00. The quantitative estimate of drug-likeness (QED) is 0.469. The molecule has 0 unspecified atom stereocenters. The molecular weight excluding hydrogens is 392 g/mol. The predicted octanol–water partition coefficient (Wildman–Crippen LogP) is 4.55. The molecular formula is C24H18N4O3. The van der Waals surface area contributed by atoms with Gasteiger partial charge in [-0.3, -0.25) is 14.3 Å². The summed E-state index contributed by atoms with van der Waals surface area (Å²) in [5.74, 6) is -0.260. The van der Waals surface area contributed by atoms with Gasteiger partial charge in [0.05, 0.1) is 17.2 Å². The number of fused-ring (bicyclic) bond motifs is 2. The van der Waals surface area contributed by atoms with Crippen molar-refractivity contribution in [2.24, 2.45) is 0 Å². The van der Waals surface area contributed by atoms with Crippen molar-refractivity contribution >= 4 is 45.3 Å². The fraction of sp³-hybridized carbons (Fsp3) is 0.0833. The van der Waals surface area contributed by atoms with Gasteiger partial charge in [0, 0.05) is 47.9 Å². The minimum atomic E-state index is -1.18. The van der Waals surface area contributed by atoms with E-state index in [1.54, 1.807) is 24.7 Å². The number of allylic oxidation sites excluding steroid dienone is 1. The first-order valence-electron chi connectivity index (χ1n) is 9.63. The summed E-state index contributed by atoms with van der Waals surface area (Å²) in [6.45, 7) is 0.0149. The lowest BCUT2D eigenvalue weighted by Crippen LogP contribution is -2.25. The van der Waals surface area contributed by atoms with Gasteiger partial charge in [0.2, 0.25) is 5.91 Å². The molecule has 2 aromatic carbocycles. The van der Waals surface area contributed by atoms with E-state index in [9.17, 15) is 14.9 Å². The summed E-state index contributed by atoms with van der Waals surface area (Å²) in [7, 11) is 0. The number of pyridine rings is 1. The summed E-state index contributed by atoms with van der Waals surface area (Å²) in [4.78, 5) is 27.5. The number of nitriles is 1. The molecule has 7 nitrogen and oxygen atoms in total. The number of carboxylic acid groups (broad SMARTS) is 1. The van der Waals surface area contributed by atoms with Gasteiger partial charge >= 0.3 is 6.09 Å². The first-order valence-corrected chi connectivity index (χ1v) is 9.63. The Morgan fingerprint density at radius 2 is 1.97 bits per heavy atom. The minimum Gasteiger partial charge on any atom is -0.465 e. The molecule has 0 bridgehead atoms. The third-order valence-corrected chi connectivity index (χ3v) is 5.02. The lowest BCUT2D eigenvalue weighted by Gasteiger charge is -2.04. The molecule has 4 aromatic rings. The third-order valence-electron chi connectivity index (χ3n) is 5.02. The fourth-order valence-corrected chi connectivity index (χ4v) is 3.60. The number of nitrogens with one attached hydrogen (secondary N) is 1. The van der Waals surface area contributed by atoms with Gasteiger partial charge in [-0.25, -0.2) is 4.79 Å². The topological polar surface area (TPSA) is 108 Å². The maximum atomic E-state index is 12.7. The second-order valence-corrected chi connectivity index (χ2v) is 6.92. The van der Waals surface area contributed by atoms with Crippen molar-refractivity contribution in [3.8, 4) is 6.07 Å². The highest BCUT2D eigenvalue weighted by Crippen LogP contribution is 2.30. The van der Waals surface area contributed by atoms with Gasteiger partial charge in [0.1, 0.15) is 0 Å². The predicted molar refractivity (Wildman–Crippen MR) is 118 cm³/mol. The Labute approximate surface area is 177 Å². The molecule has 1 amide bonds. The van der Waals surface area contributed by atoms with Crippen LogP contribution in [0.1, 0.15) is 22.3 Å². The van der Waals surface area contributed by atoms with Crippen LogP contribution < -0.4 is 5.32 Å². The smallest absolute Gasteiger partial charge is 0.404 e. The molecule has 4 rings (SSSR count). The molecule has 0 aliphatic carbocycles. The second-order valence-electron chi connectivity index (χ2n) is 6.92. The van der Waals surface area contributed by atoms with E-state index in [1.165, 1.54) is 4.57 Å². The van der Waals surface area contributed by atoms with Crippen LogP contribution in [0.2, 0.25) is 0 Å². The van der Waals surface area contributed by atoms with Crippen LogP contribution in [0.3, 0.4) is 0 Å². The highest BCUT2D eigenvalue weighted by atomic mass is 16.4. The molecule has 7 heteroatoms. The molecule has 0 spiro atoms. The van der Waals surface area contributed by atoms with Crippen LogP contribution in [0.25, 0.3) is 33.3 Å². The van der Waals surface area contributed by atoms with Crippen LogP contribution in [0.5, 0.6) is 0 Å². The Hall–Kier alpha value is -4.44. The van der Waals surface area contributed by atoms with Gasteiger partial charge in [0.25, 0.3) is 0 Å². The van der Waals surface area contributed by atoms with Crippen molar-refractivity contribution in [3.05, 3.63) is 78.2 Å². The van der Waals surface area contributed by atoms with E-state index in [4.69, 9.17) is 5.11 Å². The number of amides is 1. The Morgan fingerprint density at radius 3 is 2.77 bits per heavy atom. The van der Waals surface area contributed by atoms with E-state index in [0.717, 1.165) is 21.7 Å². The van der Waals surface area contributed by atoms with Gasteiger partial charge in [-0.1, -0.05) is 36.4 Å². The fourth-order valence-electron chi connectivity index (χ4n) is 3.60. The van der Waals surface area contributed by atoms with Crippen LogP contribution >= 0.6 is 0 Å². The zero-order valence-electron chi connectivity index (χ0n) is 16.4. The van der Waals surface area contributed by atoms with Crippen LogP contribution in [0.4, 0.5) is 4.79 Å². The van der Waals surface area contributed by atoms with Crippen LogP contribution in [0.15, 0.2) is 67.1 Å². The Kier molecular flexibility index (Phi) is 5.45. The number of carbonyl (C=O) groups is 2. The maximum Gasteiger partial charge on any atom is 0.404 e. The molecule has 0 radical (unpaired) electrons. The number of aromatic nitrogens is 2. The molecule has 0 aliphatic rings. The molecule has 0 saturated heterocycles. The Balaban J connectivity index is 1.79. The second kappa shape index (κ2) is 8.51. The largest absolute Gasteiger partial charge is 0.465 e. The van der Waals surface area contributed by atoms with Gasteiger partial charge in [-0.15, -0.1) is 0 Å². The monoisotopic (exact) mass is 410 g/mol. The lowest BCUT2D eigenvalue weighted by atomic mass is 10.00. The van der Waals surface area contributed by atoms with Crippen molar-refractivity contribution < 1.29 is 14.7 Å². The lowest BCUT2D eigenvalue weighted by molar-refractivity contribution is 0.0908. The Morgan fingerprint density at radius 1 is 1.13 bits per heavy atom. The number of benzene rings is 2. The number of carbonyl (C=O) groups excluding carboxylic acids is 1. The highest BCUT2D eigenvalue weighted by molar-refractivity contribution is 6.06. The summed E-state index contributed by atoms with van der Waals surface area (Å²) in [5, 5.41) is 23.6. The molecule has 31 heavy (non-hydrogen) atoms. The summed E-state index contributed by atoms with van der Waals surface area (Å²) in [6, 6.07) is 17.3. The SMILES string of the molecule is N#C/C(=C\c1cccc2cnccc12)c1cn(C(=O)CCNC(=O)O)c2ccccc12. The van der Waals surface area contributed by atoms with Gasteiger partial charge in [-0.2, -0.15) is 5.26 Å². The normalized spacial score (nSPS) is 11.4. The summed E-state index contributed by atoms with van der Waals surface area (Å²) in [6.07, 6.45) is 5.77. The Bertz CT molecular complexity index is 1370. The van der Waals surface area contributed by atoms with Crippen molar-refractivity contribution in [1.82, 2.24) is 14.9 Å². The standard InChI is InChI=1S/C24H18N4O3/c25-13-18(12-16-4-3-5-17-14-26-10-8-19(16)17)21-15-28(22-7-2-1-6-20(21)22)23(29)9-11-27-24(30)31/h1-8,10,12,14-15,27H,9,11H2,(H,30,31)/b18-12+. The summed E-state index contributed by atoms with van der Waals surface area (Å²) >= 11 is 0.